The van der Waals surface area contributed by atoms with Crippen LogP contribution in [0.2, 0.25) is 5.02 Å². The smallest absolute Gasteiger partial charge is 0.189 e. The first-order valence-electron chi connectivity index (χ1n) is 5.99. The van der Waals surface area contributed by atoms with Crippen molar-refractivity contribution in [2.75, 3.05) is 27.1 Å². The summed E-state index contributed by atoms with van der Waals surface area (Å²) < 4.78 is 15.6. The lowest BCUT2D eigenvalue weighted by molar-refractivity contribution is -0.00807. The van der Waals surface area contributed by atoms with Crippen LogP contribution in [0.25, 0.3) is 10.9 Å². The molecule has 0 fully saturated rings. The van der Waals surface area contributed by atoms with Crippen molar-refractivity contribution in [3.63, 3.8) is 0 Å². The Morgan fingerprint density at radius 2 is 2.25 bits per heavy atom. The standard InChI is InChI=1S/C14H14ClNO4/c1-18-5-6-19-9-20-14-10(8-17)7-12(15)11-3-2-4-16-13(11)14/h2-4,7-8H,5-6,9H2,1H3. The van der Waals surface area contributed by atoms with E-state index in [0.717, 1.165) is 5.39 Å². The maximum atomic E-state index is 11.1. The van der Waals surface area contributed by atoms with E-state index in [2.05, 4.69) is 4.98 Å². The molecule has 2 aromatic rings. The molecule has 0 radical (unpaired) electrons. The van der Waals surface area contributed by atoms with Crippen LogP contribution in [0.3, 0.4) is 0 Å². The number of nitrogens with zero attached hydrogens (tertiary/aromatic N) is 1. The van der Waals surface area contributed by atoms with Crippen molar-refractivity contribution in [1.82, 2.24) is 4.98 Å². The van der Waals surface area contributed by atoms with Crippen LogP contribution in [-0.4, -0.2) is 38.4 Å². The summed E-state index contributed by atoms with van der Waals surface area (Å²) in [5.41, 5.74) is 0.883. The van der Waals surface area contributed by atoms with Crippen LogP contribution < -0.4 is 4.74 Å². The van der Waals surface area contributed by atoms with E-state index in [0.29, 0.717) is 41.4 Å². The SMILES string of the molecule is COCCOCOc1c(C=O)cc(Cl)c2cccnc12. The molecular formula is C14H14ClNO4. The van der Waals surface area contributed by atoms with Crippen LogP contribution >= 0.6 is 11.6 Å². The molecule has 0 saturated carbocycles. The molecule has 0 bridgehead atoms. The molecule has 5 nitrogen and oxygen atoms in total. The highest BCUT2D eigenvalue weighted by Gasteiger charge is 2.13. The van der Waals surface area contributed by atoms with E-state index in [-0.39, 0.29) is 6.79 Å². The van der Waals surface area contributed by atoms with Gasteiger partial charge in [0.05, 0.1) is 23.8 Å². The first kappa shape index (κ1) is 14.7. The van der Waals surface area contributed by atoms with Gasteiger partial charge in [0.2, 0.25) is 0 Å². The molecular weight excluding hydrogens is 282 g/mol. The normalized spacial score (nSPS) is 10.7. The summed E-state index contributed by atoms with van der Waals surface area (Å²) in [6.45, 7) is 0.896. The van der Waals surface area contributed by atoms with Crippen molar-refractivity contribution in [2.24, 2.45) is 0 Å². The Balaban J connectivity index is 2.26. The quantitative estimate of drug-likeness (QED) is 0.446. The summed E-state index contributed by atoms with van der Waals surface area (Å²) in [6.07, 6.45) is 2.30. The van der Waals surface area contributed by atoms with Crippen molar-refractivity contribution >= 4 is 28.8 Å². The Morgan fingerprint density at radius 1 is 1.40 bits per heavy atom. The van der Waals surface area contributed by atoms with E-state index in [9.17, 15) is 4.79 Å². The molecule has 0 aliphatic carbocycles. The highest BCUT2D eigenvalue weighted by atomic mass is 35.5. The van der Waals surface area contributed by atoms with Gasteiger partial charge in [-0.2, -0.15) is 0 Å². The second-order valence-electron chi connectivity index (χ2n) is 3.96. The number of aromatic nitrogens is 1. The van der Waals surface area contributed by atoms with Gasteiger partial charge in [-0.05, 0) is 18.2 Å². The number of hydrogen-bond acceptors (Lipinski definition) is 5. The zero-order valence-corrected chi connectivity index (χ0v) is 11.7. The third kappa shape index (κ3) is 3.25. The summed E-state index contributed by atoms with van der Waals surface area (Å²) >= 11 is 6.11. The van der Waals surface area contributed by atoms with Gasteiger partial charge >= 0.3 is 0 Å². The van der Waals surface area contributed by atoms with E-state index in [1.807, 2.05) is 6.07 Å². The van der Waals surface area contributed by atoms with E-state index < -0.39 is 0 Å². The number of ether oxygens (including phenoxy) is 3. The molecule has 0 N–H and O–H groups in total. The monoisotopic (exact) mass is 295 g/mol. The number of carbonyl (C=O) groups excluding carboxylic acids is 1. The molecule has 106 valence electrons. The Bertz CT molecular complexity index is 603. The van der Waals surface area contributed by atoms with E-state index >= 15 is 0 Å². The molecule has 1 aromatic carbocycles. The van der Waals surface area contributed by atoms with Crippen molar-refractivity contribution in [1.29, 1.82) is 0 Å². The van der Waals surface area contributed by atoms with Gasteiger partial charge in [-0.15, -0.1) is 0 Å². The lowest BCUT2D eigenvalue weighted by Crippen LogP contribution is -2.09. The fraction of sp³-hybridized carbons (Fsp3) is 0.286. The minimum Gasteiger partial charge on any atom is -0.464 e. The number of aldehydes is 1. The van der Waals surface area contributed by atoms with Gasteiger partial charge in [0, 0.05) is 18.7 Å². The number of benzene rings is 1. The molecule has 0 atom stereocenters. The molecule has 0 amide bonds. The van der Waals surface area contributed by atoms with E-state index in [4.69, 9.17) is 25.8 Å². The maximum Gasteiger partial charge on any atom is 0.189 e. The Morgan fingerprint density at radius 3 is 3.00 bits per heavy atom. The minimum atomic E-state index is 0.0114. The van der Waals surface area contributed by atoms with Crippen LogP contribution in [0.15, 0.2) is 24.4 Å². The first-order valence-corrected chi connectivity index (χ1v) is 6.37. The van der Waals surface area contributed by atoms with Gasteiger partial charge < -0.3 is 14.2 Å². The minimum absolute atomic E-state index is 0.0114. The number of pyridine rings is 1. The predicted molar refractivity (Wildman–Crippen MR) is 75.5 cm³/mol. The first-order chi connectivity index (χ1) is 9.77. The predicted octanol–water partition coefficient (Wildman–Crippen LogP) is 2.70. The topological polar surface area (TPSA) is 57.7 Å². The lowest BCUT2D eigenvalue weighted by Gasteiger charge is -2.12. The van der Waals surface area contributed by atoms with Crippen molar-refractivity contribution in [3.05, 3.63) is 35.0 Å². The third-order valence-electron chi connectivity index (χ3n) is 2.67. The Kier molecular flexibility index (Phi) is 5.29. The number of methoxy groups -OCH3 is 1. The third-order valence-corrected chi connectivity index (χ3v) is 2.98. The van der Waals surface area contributed by atoms with Crippen LogP contribution in [-0.2, 0) is 9.47 Å². The van der Waals surface area contributed by atoms with Gasteiger partial charge in [-0.3, -0.25) is 9.78 Å². The molecule has 20 heavy (non-hydrogen) atoms. The average molecular weight is 296 g/mol. The summed E-state index contributed by atoms with van der Waals surface area (Å²) in [5, 5.41) is 1.19. The second-order valence-corrected chi connectivity index (χ2v) is 4.36. The maximum absolute atomic E-state index is 11.1. The van der Waals surface area contributed by atoms with Crippen LogP contribution in [0.1, 0.15) is 10.4 Å². The highest BCUT2D eigenvalue weighted by molar-refractivity contribution is 6.36. The largest absolute Gasteiger partial charge is 0.464 e. The molecule has 0 saturated heterocycles. The molecule has 0 unspecified atom stereocenters. The fourth-order valence-corrected chi connectivity index (χ4v) is 2.01. The summed E-state index contributed by atoms with van der Waals surface area (Å²) in [7, 11) is 1.59. The fourth-order valence-electron chi connectivity index (χ4n) is 1.74. The van der Waals surface area contributed by atoms with E-state index in [1.165, 1.54) is 0 Å². The van der Waals surface area contributed by atoms with Crippen LogP contribution in [0.5, 0.6) is 5.75 Å². The molecule has 2 rings (SSSR count). The number of halogens is 1. The zero-order valence-electron chi connectivity index (χ0n) is 11.0. The lowest BCUT2D eigenvalue weighted by atomic mass is 10.1. The average Bonchev–Trinajstić information content (AvgIpc) is 2.49. The van der Waals surface area contributed by atoms with Crippen molar-refractivity contribution in [2.45, 2.75) is 0 Å². The van der Waals surface area contributed by atoms with Gasteiger partial charge in [0.25, 0.3) is 0 Å². The van der Waals surface area contributed by atoms with Gasteiger partial charge in [0.1, 0.15) is 5.52 Å². The number of rotatable bonds is 7. The molecule has 0 aliphatic heterocycles. The summed E-state index contributed by atoms with van der Waals surface area (Å²) in [6, 6.07) is 5.15. The Labute approximate surface area is 121 Å². The van der Waals surface area contributed by atoms with Crippen molar-refractivity contribution < 1.29 is 19.0 Å². The molecule has 6 heteroatoms. The van der Waals surface area contributed by atoms with Gasteiger partial charge in [0.15, 0.2) is 18.8 Å². The van der Waals surface area contributed by atoms with E-state index in [1.54, 1.807) is 25.4 Å². The molecule has 1 aromatic heterocycles. The second kappa shape index (κ2) is 7.19. The van der Waals surface area contributed by atoms with Crippen LogP contribution in [0.4, 0.5) is 0 Å². The number of fused-ring (bicyclic) bond motifs is 1. The molecule has 1 heterocycles. The molecule has 0 aliphatic rings. The van der Waals surface area contributed by atoms with Crippen LogP contribution in [0, 0.1) is 0 Å². The highest BCUT2D eigenvalue weighted by Crippen LogP contribution is 2.32. The van der Waals surface area contributed by atoms with Crippen molar-refractivity contribution in [3.8, 4) is 5.75 Å². The Hall–Kier alpha value is -1.69. The van der Waals surface area contributed by atoms with Gasteiger partial charge in [-0.25, -0.2) is 0 Å². The number of hydrogen-bond donors (Lipinski definition) is 0. The molecule has 0 spiro atoms. The summed E-state index contributed by atoms with van der Waals surface area (Å²) in [5.74, 6) is 0.373. The summed E-state index contributed by atoms with van der Waals surface area (Å²) in [4.78, 5) is 15.3. The number of carbonyl (C=O) groups is 1. The van der Waals surface area contributed by atoms with Gasteiger partial charge in [-0.1, -0.05) is 11.6 Å². The zero-order chi connectivity index (χ0) is 14.4.